The Hall–Kier alpha value is -2.65. The van der Waals surface area contributed by atoms with Crippen molar-refractivity contribution in [1.29, 1.82) is 0 Å². The van der Waals surface area contributed by atoms with Crippen LogP contribution in [0.5, 0.6) is 0 Å². The molecule has 0 atom stereocenters. The maximum Gasteiger partial charge on any atom is 0.252 e. The van der Waals surface area contributed by atoms with Gasteiger partial charge < -0.3 is 4.98 Å². The summed E-state index contributed by atoms with van der Waals surface area (Å²) in [5, 5.41) is 1.10. The van der Waals surface area contributed by atoms with Crippen LogP contribution in [0.25, 0.3) is 10.9 Å². The number of rotatable bonds is 5. The fourth-order valence-corrected chi connectivity index (χ4v) is 3.62. The largest absolute Gasteiger partial charge is 0.322 e. The number of aromatic nitrogens is 1. The average molecular weight is 344 g/mol. The Balaban J connectivity index is 1.38. The Bertz CT molecular complexity index is 972. The van der Waals surface area contributed by atoms with Gasteiger partial charge in [0.1, 0.15) is 0 Å². The van der Waals surface area contributed by atoms with E-state index in [4.69, 9.17) is 0 Å². The predicted molar refractivity (Wildman–Crippen MR) is 107 cm³/mol. The van der Waals surface area contributed by atoms with Crippen LogP contribution in [0.2, 0.25) is 0 Å². The number of para-hydroxylation sites is 1. The van der Waals surface area contributed by atoms with Gasteiger partial charge in [-0.25, -0.2) is 0 Å². The van der Waals surface area contributed by atoms with Gasteiger partial charge >= 0.3 is 0 Å². The van der Waals surface area contributed by atoms with Gasteiger partial charge in [0.05, 0.1) is 0 Å². The molecule has 132 valence electrons. The molecule has 0 radical (unpaired) electrons. The third kappa shape index (κ3) is 3.94. The molecular weight excluding hydrogens is 320 g/mol. The number of hydrogen-bond acceptors (Lipinski definition) is 2. The van der Waals surface area contributed by atoms with Crippen LogP contribution in [0.4, 0.5) is 0 Å². The normalized spacial score (nSPS) is 15.2. The summed E-state index contributed by atoms with van der Waals surface area (Å²) in [6, 6.07) is 20.6. The van der Waals surface area contributed by atoms with Crippen LogP contribution in [-0.2, 0) is 13.0 Å². The van der Waals surface area contributed by atoms with E-state index in [2.05, 4.69) is 46.3 Å². The summed E-state index contributed by atoms with van der Waals surface area (Å²) in [5.41, 5.74) is 4.73. The Morgan fingerprint density at radius 1 is 0.962 bits per heavy atom. The van der Waals surface area contributed by atoms with Gasteiger partial charge in [0.15, 0.2) is 0 Å². The van der Waals surface area contributed by atoms with Gasteiger partial charge in [-0.15, -0.1) is 0 Å². The van der Waals surface area contributed by atoms with E-state index >= 15 is 0 Å². The van der Waals surface area contributed by atoms with Crippen molar-refractivity contribution in [2.75, 3.05) is 13.1 Å². The number of pyridine rings is 1. The highest BCUT2D eigenvalue weighted by Crippen LogP contribution is 2.19. The lowest BCUT2D eigenvalue weighted by Gasteiger charge is -2.26. The third-order valence-electron chi connectivity index (χ3n) is 5.19. The van der Waals surface area contributed by atoms with Gasteiger partial charge in [-0.3, -0.25) is 9.69 Å². The van der Waals surface area contributed by atoms with Gasteiger partial charge in [-0.1, -0.05) is 60.2 Å². The molecule has 3 nitrogen and oxygen atoms in total. The lowest BCUT2D eigenvalue weighted by Crippen LogP contribution is -2.31. The molecular formula is C23H24N2O. The van der Waals surface area contributed by atoms with Gasteiger partial charge in [-0.05, 0) is 42.3 Å². The molecule has 4 rings (SSSR count). The van der Waals surface area contributed by atoms with Crippen LogP contribution in [0, 0.1) is 0 Å². The number of H-pyrrole nitrogens is 1. The second-order valence-electron chi connectivity index (χ2n) is 7.04. The van der Waals surface area contributed by atoms with E-state index in [0.29, 0.717) is 6.54 Å². The topological polar surface area (TPSA) is 36.1 Å². The number of aromatic amines is 1. The summed E-state index contributed by atoms with van der Waals surface area (Å²) in [5.74, 6) is 0. The quantitative estimate of drug-likeness (QED) is 0.701. The van der Waals surface area contributed by atoms with Crippen LogP contribution < -0.4 is 5.56 Å². The number of nitrogens with zero attached hydrogens (tertiary/aromatic N) is 1. The SMILES string of the molecule is O=c1[nH]c2ccccc2cc1CN1CC=C(CCc2ccccc2)CC1. The molecule has 0 unspecified atom stereocenters. The van der Waals surface area contributed by atoms with Gasteiger partial charge in [0, 0.05) is 30.7 Å². The Kier molecular flexibility index (Phi) is 4.98. The van der Waals surface area contributed by atoms with E-state index in [1.54, 1.807) is 0 Å². The van der Waals surface area contributed by atoms with Crippen molar-refractivity contribution in [3.63, 3.8) is 0 Å². The predicted octanol–water partition coefficient (Wildman–Crippen LogP) is 4.29. The molecule has 3 aromatic rings. The molecule has 0 saturated heterocycles. The van der Waals surface area contributed by atoms with Crippen molar-refractivity contribution in [3.05, 3.63) is 93.8 Å². The number of fused-ring (bicyclic) bond motifs is 1. The van der Waals surface area contributed by atoms with Crippen LogP contribution in [0.3, 0.4) is 0 Å². The second-order valence-corrected chi connectivity index (χ2v) is 7.04. The standard InChI is InChI=1S/C23H24N2O/c26-23-21(16-20-8-4-5-9-22(20)24-23)17-25-14-12-19(13-15-25)11-10-18-6-2-1-3-7-18/h1-9,12,16H,10-11,13-15,17H2,(H,24,26). The monoisotopic (exact) mass is 344 g/mol. The van der Waals surface area contributed by atoms with E-state index < -0.39 is 0 Å². The van der Waals surface area contributed by atoms with E-state index in [1.807, 2.05) is 30.3 Å². The Morgan fingerprint density at radius 3 is 2.58 bits per heavy atom. The first-order valence-electron chi connectivity index (χ1n) is 9.33. The highest BCUT2D eigenvalue weighted by molar-refractivity contribution is 5.78. The number of benzene rings is 2. The summed E-state index contributed by atoms with van der Waals surface area (Å²) in [6.45, 7) is 2.66. The van der Waals surface area contributed by atoms with Crippen LogP contribution in [-0.4, -0.2) is 23.0 Å². The highest BCUT2D eigenvalue weighted by atomic mass is 16.1. The van der Waals surface area contributed by atoms with Crippen LogP contribution in [0.1, 0.15) is 24.0 Å². The minimum absolute atomic E-state index is 0.0301. The Morgan fingerprint density at radius 2 is 1.77 bits per heavy atom. The number of hydrogen-bond donors (Lipinski definition) is 1. The smallest absolute Gasteiger partial charge is 0.252 e. The first-order chi connectivity index (χ1) is 12.8. The molecule has 0 fully saturated rings. The molecule has 1 N–H and O–H groups in total. The third-order valence-corrected chi connectivity index (χ3v) is 5.19. The summed E-state index contributed by atoms with van der Waals surface area (Å²) < 4.78 is 0. The summed E-state index contributed by atoms with van der Waals surface area (Å²) in [7, 11) is 0. The van der Waals surface area contributed by atoms with Crippen molar-refractivity contribution in [2.45, 2.75) is 25.8 Å². The molecule has 0 amide bonds. The van der Waals surface area contributed by atoms with Crippen molar-refractivity contribution in [1.82, 2.24) is 9.88 Å². The van der Waals surface area contributed by atoms with Crippen LogP contribution in [0.15, 0.2) is 77.1 Å². The Labute approximate surface area is 154 Å². The van der Waals surface area contributed by atoms with E-state index in [-0.39, 0.29) is 5.56 Å². The molecule has 0 aliphatic carbocycles. The van der Waals surface area contributed by atoms with Gasteiger partial charge in [0.2, 0.25) is 0 Å². The molecule has 3 heteroatoms. The zero-order valence-electron chi connectivity index (χ0n) is 14.9. The van der Waals surface area contributed by atoms with E-state index in [9.17, 15) is 4.79 Å². The zero-order valence-corrected chi connectivity index (χ0v) is 14.9. The van der Waals surface area contributed by atoms with Crippen molar-refractivity contribution in [3.8, 4) is 0 Å². The minimum Gasteiger partial charge on any atom is -0.322 e. The lowest BCUT2D eigenvalue weighted by molar-refractivity contribution is 0.283. The molecule has 1 aliphatic rings. The van der Waals surface area contributed by atoms with Crippen molar-refractivity contribution >= 4 is 10.9 Å². The maximum absolute atomic E-state index is 12.3. The van der Waals surface area contributed by atoms with E-state index in [1.165, 1.54) is 11.1 Å². The first kappa shape index (κ1) is 16.8. The zero-order chi connectivity index (χ0) is 17.8. The highest BCUT2D eigenvalue weighted by Gasteiger charge is 2.14. The average Bonchev–Trinajstić information content (AvgIpc) is 2.69. The van der Waals surface area contributed by atoms with Crippen LogP contribution >= 0.6 is 0 Å². The molecule has 1 aliphatic heterocycles. The minimum atomic E-state index is 0.0301. The fraction of sp³-hybridized carbons (Fsp3) is 0.261. The van der Waals surface area contributed by atoms with Crippen molar-refractivity contribution in [2.24, 2.45) is 0 Å². The molecule has 0 spiro atoms. The lowest BCUT2D eigenvalue weighted by atomic mass is 9.99. The maximum atomic E-state index is 12.3. The number of aryl methyl sites for hydroxylation is 1. The van der Waals surface area contributed by atoms with Gasteiger partial charge in [0.25, 0.3) is 5.56 Å². The molecule has 0 bridgehead atoms. The molecule has 26 heavy (non-hydrogen) atoms. The molecule has 0 saturated carbocycles. The van der Waals surface area contributed by atoms with Gasteiger partial charge in [-0.2, -0.15) is 0 Å². The summed E-state index contributed by atoms with van der Waals surface area (Å²) in [6.07, 6.45) is 5.69. The second kappa shape index (κ2) is 7.71. The number of nitrogens with one attached hydrogen (secondary N) is 1. The molecule has 2 aromatic carbocycles. The molecule has 2 heterocycles. The summed E-state index contributed by atoms with van der Waals surface area (Å²) in [4.78, 5) is 17.7. The summed E-state index contributed by atoms with van der Waals surface area (Å²) >= 11 is 0. The fourth-order valence-electron chi connectivity index (χ4n) is 3.62. The first-order valence-corrected chi connectivity index (χ1v) is 9.33. The van der Waals surface area contributed by atoms with Crippen molar-refractivity contribution < 1.29 is 0 Å². The van der Waals surface area contributed by atoms with E-state index in [0.717, 1.165) is 48.8 Å². The molecule has 1 aromatic heterocycles.